The Morgan fingerprint density at radius 2 is 1.62 bits per heavy atom. The third kappa shape index (κ3) is 0.848. The van der Waals surface area contributed by atoms with Gasteiger partial charge in [-0.15, -0.1) is 12.4 Å². The average molecular weight is 134 g/mol. The van der Waals surface area contributed by atoms with Gasteiger partial charge in [-0.05, 0) is 19.3 Å². The molecule has 2 aliphatic heterocycles. The molecule has 2 bridgehead atoms. The van der Waals surface area contributed by atoms with Gasteiger partial charge < -0.3 is 5.32 Å². The van der Waals surface area contributed by atoms with Gasteiger partial charge in [0.15, 0.2) is 0 Å². The Balaban J connectivity index is 0.000000320. The Hall–Kier alpha value is 0.250. The molecule has 1 N–H and O–H groups in total. The second-order valence-corrected chi connectivity index (χ2v) is 2.73. The lowest BCUT2D eigenvalue weighted by Crippen LogP contribution is -2.55. The van der Waals surface area contributed by atoms with E-state index in [1.54, 1.807) is 0 Å². The predicted molar refractivity (Wildman–Crippen MR) is 36.4 cm³/mol. The van der Waals surface area contributed by atoms with Crippen LogP contribution in [0.25, 0.3) is 0 Å². The molecular weight excluding hydrogens is 122 g/mol. The van der Waals surface area contributed by atoms with Crippen LogP contribution < -0.4 is 5.32 Å². The first-order valence-electron chi connectivity index (χ1n) is 3.21. The molecule has 0 radical (unpaired) electrons. The van der Waals surface area contributed by atoms with Gasteiger partial charge in [-0.25, -0.2) is 0 Å². The zero-order valence-corrected chi connectivity index (χ0v) is 5.71. The van der Waals surface area contributed by atoms with Crippen LogP contribution in [0.3, 0.4) is 0 Å². The van der Waals surface area contributed by atoms with E-state index in [1.165, 1.54) is 25.7 Å². The van der Waals surface area contributed by atoms with Crippen molar-refractivity contribution in [2.45, 2.75) is 37.8 Å². The van der Waals surface area contributed by atoms with E-state index in [0.717, 1.165) is 12.1 Å². The van der Waals surface area contributed by atoms with Crippen molar-refractivity contribution >= 4 is 12.4 Å². The third-order valence-electron chi connectivity index (χ3n) is 2.15. The number of hydrogen-bond acceptors (Lipinski definition) is 1. The highest BCUT2D eigenvalue weighted by atomic mass is 35.5. The second-order valence-electron chi connectivity index (χ2n) is 2.73. The van der Waals surface area contributed by atoms with Crippen molar-refractivity contribution in [3.05, 3.63) is 0 Å². The summed E-state index contributed by atoms with van der Waals surface area (Å²) in [5, 5.41) is 3.48. The molecule has 48 valence electrons. The van der Waals surface area contributed by atoms with E-state index < -0.39 is 0 Å². The fourth-order valence-corrected chi connectivity index (χ4v) is 1.67. The maximum atomic E-state index is 3.48. The zero-order chi connectivity index (χ0) is 4.69. The van der Waals surface area contributed by atoms with Crippen molar-refractivity contribution in [1.29, 1.82) is 0 Å². The standard InChI is InChI=1S/C6H11N.ClH/c1-2-5-4-6(3-1)7-5;/h5-7H,1-4H2;1H. The van der Waals surface area contributed by atoms with E-state index in [0.29, 0.717) is 0 Å². The fraction of sp³-hybridized carbons (Fsp3) is 1.00. The van der Waals surface area contributed by atoms with E-state index >= 15 is 0 Å². The highest BCUT2D eigenvalue weighted by Gasteiger charge is 2.31. The van der Waals surface area contributed by atoms with Crippen molar-refractivity contribution in [2.24, 2.45) is 0 Å². The SMILES string of the molecule is C1CC2CC(C1)N2.Cl. The van der Waals surface area contributed by atoms with Crippen LogP contribution in [-0.2, 0) is 0 Å². The van der Waals surface area contributed by atoms with Gasteiger partial charge in [-0.1, -0.05) is 6.42 Å². The monoisotopic (exact) mass is 133 g/mol. The van der Waals surface area contributed by atoms with Crippen molar-refractivity contribution < 1.29 is 0 Å². The Bertz CT molecular complexity index is 65.1. The maximum Gasteiger partial charge on any atom is 0.00844 e. The molecule has 0 spiro atoms. The molecule has 1 nitrogen and oxygen atoms in total. The first kappa shape index (κ1) is 6.37. The zero-order valence-electron chi connectivity index (χ0n) is 4.89. The second kappa shape index (κ2) is 2.24. The Kier molecular flexibility index (Phi) is 1.78. The molecule has 0 aromatic carbocycles. The molecule has 1 saturated carbocycles. The van der Waals surface area contributed by atoms with Crippen LogP contribution in [0, 0.1) is 0 Å². The summed E-state index contributed by atoms with van der Waals surface area (Å²) >= 11 is 0. The maximum absolute atomic E-state index is 3.48. The van der Waals surface area contributed by atoms with Gasteiger partial charge in [0.25, 0.3) is 0 Å². The molecule has 0 aromatic heterocycles. The first-order chi connectivity index (χ1) is 3.45. The van der Waals surface area contributed by atoms with Crippen molar-refractivity contribution in [3.63, 3.8) is 0 Å². The van der Waals surface area contributed by atoms with Crippen LogP contribution in [0.5, 0.6) is 0 Å². The largest absolute Gasteiger partial charge is 0.311 e. The molecule has 1 aliphatic carbocycles. The summed E-state index contributed by atoms with van der Waals surface area (Å²) in [5.74, 6) is 0. The summed E-state index contributed by atoms with van der Waals surface area (Å²) < 4.78 is 0. The third-order valence-corrected chi connectivity index (χ3v) is 2.15. The summed E-state index contributed by atoms with van der Waals surface area (Å²) in [6, 6.07) is 1.86. The van der Waals surface area contributed by atoms with Gasteiger partial charge in [0.2, 0.25) is 0 Å². The fourth-order valence-electron chi connectivity index (χ4n) is 1.67. The molecule has 2 unspecified atom stereocenters. The number of rotatable bonds is 0. The van der Waals surface area contributed by atoms with E-state index in [-0.39, 0.29) is 12.4 Å². The minimum absolute atomic E-state index is 0. The van der Waals surface area contributed by atoms with Crippen molar-refractivity contribution in [1.82, 2.24) is 5.32 Å². The predicted octanol–water partition coefficient (Wildman–Crippen LogP) is 1.32. The number of halogens is 1. The van der Waals surface area contributed by atoms with E-state index in [1.807, 2.05) is 0 Å². The van der Waals surface area contributed by atoms with Crippen LogP contribution in [-0.4, -0.2) is 12.1 Å². The number of nitrogens with one attached hydrogen (secondary N) is 1. The molecule has 8 heavy (non-hydrogen) atoms. The van der Waals surface area contributed by atoms with Crippen LogP contribution in [0.1, 0.15) is 25.7 Å². The van der Waals surface area contributed by atoms with Crippen LogP contribution >= 0.6 is 12.4 Å². The summed E-state index contributed by atoms with van der Waals surface area (Å²) in [6.07, 6.45) is 5.83. The molecule has 2 heterocycles. The quantitative estimate of drug-likeness (QED) is 0.526. The minimum Gasteiger partial charge on any atom is -0.311 e. The molecular formula is C6H12ClN. The average Bonchev–Trinajstić information content (AvgIpc) is 1.67. The lowest BCUT2D eigenvalue weighted by Gasteiger charge is -2.42. The highest BCUT2D eigenvalue weighted by Crippen LogP contribution is 2.27. The molecule has 0 aromatic rings. The van der Waals surface area contributed by atoms with Gasteiger partial charge in [-0.3, -0.25) is 0 Å². The molecule has 3 aliphatic rings. The lowest BCUT2D eigenvalue weighted by molar-refractivity contribution is 0.182. The molecule has 2 atom stereocenters. The lowest BCUT2D eigenvalue weighted by atomic mass is 9.83. The van der Waals surface area contributed by atoms with Crippen LogP contribution in [0.4, 0.5) is 0 Å². The number of piperidine rings is 1. The van der Waals surface area contributed by atoms with E-state index in [4.69, 9.17) is 0 Å². The summed E-state index contributed by atoms with van der Waals surface area (Å²) in [7, 11) is 0. The molecule has 2 heteroatoms. The summed E-state index contributed by atoms with van der Waals surface area (Å²) in [4.78, 5) is 0. The Labute approximate surface area is 56.3 Å². The number of hydrogen-bond donors (Lipinski definition) is 1. The Morgan fingerprint density at radius 1 is 1.12 bits per heavy atom. The Morgan fingerprint density at radius 3 is 1.75 bits per heavy atom. The van der Waals surface area contributed by atoms with Crippen LogP contribution in [0.2, 0.25) is 0 Å². The van der Waals surface area contributed by atoms with Gasteiger partial charge in [0.1, 0.15) is 0 Å². The summed E-state index contributed by atoms with van der Waals surface area (Å²) in [6.45, 7) is 0. The highest BCUT2D eigenvalue weighted by molar-refractivity contribution is 5.85. The topological polar surface area (TPSA) is 12.0 Å². The summed E-state index contributed by atoms with van der Waals surface area (Å²) in [5.41, 5.74) is 0. The minimum atomic E-state index is 0. The smallest absolute Gasteiger partial charge is 0.00844 e. The van der Waals surface area contributed by atoms with E-state index in [9.17, 15) is 0 Å². The van der Waals surface area contributed by atoms with Gasteiger partial charge in [0, 0.05) is 12.1 Å². The first-order valence-corrected chi connectivity index (χ1v) is 3.21. The van der Waals surface area contributed by atoms with Gasteiger partial charge in [-0.2, -0.15) is 0 Å². The van der Waals surface area contributed by atoms with Gasteiger partial charge >= 0.3 is 0 Å². The molecule has 3 fully saturated rings. The normalized spacial score (nSPS) is 42.0. The molecule has 0 amide bonds. The molecule has 2 saturated heterocycles. The van der Waals surface area contributed by atoms with Crippen molar-refractivity contribution in [2.75, 3.05) is 0 Å². The van der Waals surface area contributed by atoms with Crippen LogP contribution in [0.15, 0.2) is 0 Å². The van der Waals surface area contributed by atoms with E-state index in [2.05, 4.69) is 5.32 Å². The molecule has 3 rings (SSSR count). The van der Waals surface area contributed by atoms with Crippen molar-refractivity contribution in [3.8, 4) is 0 Å². The van der Waals surface area contributed by atoms with Gasteiger partial charge in [0.05, 0.1) is 0 Å². The number of fused-ring (bicyclic) bond motifs is 2.